The van der Waals surface area contributed by atoms with Gasteiger partial charge in [-0.15, -0.1) is 0 Å². The van der Waals surface area contributed by atoms with Crippen LogP contribution in [0.2, 0.25) is 0 Å². The van der Waals surface area contributed by atoms with Crippen LogP contribution < -0.4 is 16.2 Å². The number of carbonyl (C=O) groups excluding carboxylic acids is 2. The van der Waals surface area contributed by atoms with Crippen LogP contribution in [-0.4, -0.2) is 11.6 Å². The molecule has 0 saturated carbocycles. The van der Waals surface area contributed by atoms with E-state index in [2.05, 4.69) is 0 Å². The lowest BCUT2D eigenvalue weighted by molar-refractivity contribution is 0.100. The fourth-order valence-corrected chi connectivity index (χ4v) is 3.29. The van der Waals surface area contributed by atoms with Gasteiger partial charge >= 0.3 is 0 Å². The number of hydrogen-bond acceptors (Lipinski definition) is 5. The van der Waals surface area contributed by atoms with Crippen molar-refractivity contribution in [2.45, 2.75) is 0 Å². The quantitative estimate of drug-likeness (QED) is 0.342. The molecule has 31 heavy (non-hydrogen) atoms. The standard InChI is InChI=1S/C26H20N2O3/c27-19-11-13-20(14-12-19)31-22-16-15-21(28)23(25(29)17-7-3-1-4-8-17)24(22)26(30)18-9-5-2-6-10-18/h1-16H,27-28H2. The Morgan fingerprint density at radius 1 is 0.581 bits per heavy atom. The monoisotopic (exact) mass is 408 g/mol. The maximum absolute atomic E-state index is 13.5. The Balaban J connectivity index is 1.90. The number of carbonyl (C=O) groups is 2. The molecule has 0 unspecified atom stereocenters. The molecular formula is C26H20N2O3. The van der Waals surface area contributed by atoms with Crippen molar-refractivity contribution in [3.05, 3.63) is 119 Å². The van der Waals surface area contributed by atoms with Gasteiger partial charge in [-0.05, 0) is 36.4 Å². The van der Waals surface area contributed by atoms with Crippen molar-refractivity contribution in [2.75, 3.05) is 11.5 Å². The topological polar surface area (TPSA) is 95.4 Å². The molecule has 5 nitrogen and oxygen atoms in total. The average Bonchev–Trinajstić information content (AvgIpc) is 2.81. The first-order chi connectivity index (χ1) is 15.0. The number of nitrogens with two attached hydrogens (primary N) is 2. The van der Waals surface area contributed by atoms with Gasteiger partial charge in [-0.1, -0.05) is 60.7 Å². The van der Waals surface area contributed by atoms with Crippen molar-refractivity contribution in [1.29, 1.82) is 0 Å². The molecule has 5 heteroatoms. The predicted octanol–water partition coefficient (Wildman–Crippen LogP) is 5.11. The Labute approximate surface area is 179 Å². The van der Waals surface area contributed by atoms with E-state index in [1.807, 2.05) is 12.1 Å². The Hall–Kier alpha value is -4.38. The molecule has 0 spiro atoms. The van der Waals surface area contributed by atoms with E-state index < -0.39 is 0 Å². The van der Waals surface area contributed by atoms with Crippen LogP contribution in [0.15, 0.2) is 97.1 Å². The van der Waals surface area contributed by atoms with E-state index in [9.17, 15) is 9.59 Å². The van der Waals surface area contributed by atoms with E-state index in [1.165, 1.54) is 0 Å². The summed E-state index contributed by atoms with van der Waals surface area (Å²) in [5.74, 6) is 0.0315. The third-order valence-electron chi connectivity index (χ3n) is 4.83. The number of hydrogen-bond donors (Lipinski definition) is 2. The maximum atomic E-state index is 13.5. The van der Waals surface area contributed by atoms with Crippen LogP contribution in [0.3, 0.4) is 0 Å². The molecule has 152 valence electrons. The van der Waals surface area contributed by atoms with Gasteiger partial charge in [-0.25, -0.2) is 0 Å². The molecule has 4 aromatic carbocycles. The molecule has 0 aromatic heterocycles. The van der Waals surface area contributed by atoms with Crippen LogP contribution in [0.4, 0.5) is 11.4 Å². The minimum atomic E-state index is -0.349. The molecule has 0 bridgehead atoms. The lowest BCUT2D eigenvalue weighted by Crippen LogP contribution is -2.15. The molecular weight excluding hydrogens is 388 g/mol. The Kier molecular flexibility index (Phi) is 5.49. The number of nitrogen functional groups attached to an aromatic ring is 2. The maximum Gasteiger partial charge on any atom is 0.197 e. The van der Waals surface area contributed by atoms with Crippen LogP contribution in [0.25, 0.3) is 0 Å². The van der Waals surface area contributed by atoms with E-state index in [0.717, 1.165) is 0 Å². The van der Waals surface area contributed by atoms with E-state index in [4.69, 9.17) is 16.2 Å². The first-order valence-electron chi connectivity index (χ1n) is 9.70. The zero-order valence-corrected chi connectivity index (χ0v) is 16.6. The second-order valence-corrected chi connectivity index (χ2v) is 6.96. The zero-order chi connectivity index (χ0) is 21.8. The molecule has 4 aromatic rings. The third kappa shape index (κ3) is 4.16. The smallest absolute Gasteiger partial charge is 0.197 e. The molecule has 4 rings (SSSR count). The second-order valence-electron chi connectivity index (χ2n) is 6.96. The van der Waals surface area contributed by atoms with Gasteiger partial charge in [0.15, 0.2) is 11.6 Å². The zero-order valence-electron chi connectivity index (χ0n) is 16.6. The van der Waals surface area contributed by atoms with Crippen molar-refractivity contribution < 1.29 is 14.3 Å². The number of benzene rings is 4. The summed E-state index contributed by atoms with van der Waals surface area (Å²) in [6.45, 7) is 0. The van der Waals surface area contributed by atoms with Gasteiger partial charge in [-0.3, -0.25) is 9.59 Å². The largest absolute Gasteiger partial charge is 0.457 e. The minimum absolute atomic E-state index is 0.119. The van der Waals surface area contributed by atoms with Crippen LogP contribution in [-0.2, 0) is 0 Å². The Bertz CT molecular complexity index is 1240. The van der Waals surface area contributed by atoms with Crippen LogP contribution in [0, 0.1) is 0 Å². The number of ether oxygens (including phenoxy) is 1. The van der Waals surface area contributed by atoms with Crippen LogP contribution in [0.5, 0.6) is 11.5 Å². The summed E-state index contributed by atoms with van der Waals surface area (Å²) in [5.41, 5.74) is 13.9. The minimum Gasteiger partial charge on any atom is -0.457 e. The van der Waals surface area contributed by atoms with Crippen molar-refractivity contribution in [1.82, 2.24) is 0 Å². The van der Waals surface area contributed by atoms with Crippen molar-refractivity contribution >= 4 is 22.9 Å². The molecule has 0 heterocycles. The van der Waals surface area contributed by atoms with Gasteiger partial charge in [-0.2, -0.15) is 0 Å². The van der Waals surface area contributed by atoms with Crippen LogP contribution >= 0.6 is 0 Å². The summed E-state index contributed by atoms with van der Waals surface area (Å²) in [6, 6.07) is 27.4. The molecule has 4 N–H and O–H groups in total. The second kappa shape index (κ2) is 8.55. The van der Waals surface area contributed by atoms with E-state index in [1.54, 1.807) is 84.9 Å². The first kappa shape index (κ1) is 19.9. The summed E-state index contributed by atoms with van der Waals surface area (Å²) < 4.78 is 6.00. The molecule has 0 fully saturated rings. The highest BCUT2D eigenvalue weighted by atomic mass is 16.5. The number of rotatable bonds is 6. The lowest BCUT2D eigenvalue weighted by atomic mass is 9.91. The predicted molar refractivity (Wildman–Crippen MR) is 122 cm³/mol. The highest BCUT2D eigenvalue weighted by molar-refractivity contribution is 6.23. The molecule has 0 radical (unpaired) electrons. The molecule has 0 atom stereocenters. The summed E-state index contributed by atoms with van der Waals surface area (Å²) in [4.78, 5) is 26.9. The summed E-state index contributed by atoms with van der Waals surface area (Å²) >= 11 is 0. The third-order valence-corrected chi connectivity index (χ3v) is 4.83. The van der Waals surface area contributed by atoms with Gasteiger partial charge in [0.1, 0.15) is 11.5 Å². The molecule has 0 amide bonds. The SMILES string of the molecule is Nc1ccc(Oc2ccc(N)c(C(=O)c3ccccc3)c2C(=O)c2ccccc2)cc1. The van der Waals surface area contributed by atoms with Gasteiger partial charge in [0.2, 0.25) is 0 Å². The lowest BCUT2D eigenvalue weighted by Gasteiger charge is -2.16. The average molecular weight is 408 g/mol. The Morgan fingerprint density at radius 3 is 1.65 bits per heavy atom. The van der Waals surface area contributed by atoms with E-state index in [0.29, 0.717) is 22.6 Å². The molecule has 0 saturated heterocycles. The van der Waals surface area contributed by atoms with Crippen molar-refractivity contribution in [2.24, 2.45) is 0 Å². The van der Waals surface area contributed by atoms with Crippen molar-refractivity contribution in [3.63, 3.8) is 0 Å². The Morgan fingerprint density at radius 2 is 1.10 bits per heavy atom. The fraction of sp³-hybridized carbons (Fsp3) is 0. The van der Waals surface area contributed by atoms with Crippen LogP contribution in [0.1, 0.15) is 31.8 Å². The van der Waals surface area contributed by atoms with Crippen molar-refractivity contribution in [3.8, 4) is 11.5 Å². The van der Waals surface area contributed by atoms with Gasteiger partial charge in [0, 0.05) is 22.5 Å². The summed E-state index contributed by atoms with van der Waals surface area (Å²) in [7, 11) is 0. The summed E-state index contributed by atoms with van der Waals surface area (Å²) in [5, 5.41) is 0. The van der Waals surface area contributed by atoms with Gasteiger partial charge < -0.3 is 16.2 Å². The normalized spacial score (nSPS) is 10.5. The van der Waals surface area contributed by atoms with Gasteiger partial charge in [0.05, 0.1) is 11.1 Å². The highest BCUT2D eigenvalue weighted by Gasteiger charge is 2.26. The van der Waals surface area contributed by atoms with Gasteiger partial charge in [0.25, 0.3) is 0 Å². The fourth-order valence-electron chi connectivity index (χ4n) is 3.29. The molecule has 0 aliphatic heterocycles. The molecule has 0 aliphatic carbocycles. The molecule has 0 aliphatic rings. The van der Waals surface area contributed by atoms with E-state index >= 15 is 0 Å². The highest BCUT2D eigenvalue weighted by Crippen LogP contribution is 2.34. The number of ketones is 2. The summed E-state index contributed by atoms with van der Waals surface area (Å²) in [6.07, 6.45) is 0. The first-order valence-corrected chi connectivity index (χ1v) is 9.70. The number of anilines is 2. The van der Waals surface area contributed by atoms with E-state index in [-0.39, 0.29) is 34.1 Å².